The zero-order valence-electron chi connectivity index (χ0n) is 18.3. The van der Waals surface area contributed by atoms with Crippen molar-refractivity contribution in [3.8, 4) is 5.75 Å². The van der Waals surface area contributed by atoms with Gasteiger partial charge in [0.05, 0.1) is 24.0 Å². The quantitative estimate of drug-likeness (QED) is 0.278. The summed E-state index contributed by atoms with van der Waals surface area (Å²) < 4.78 is 16.7. The number of benzene rings is 1. The maximum absolute atomic E-state index is 12.9. The Morgan fingerprint density at radius 2 is 1.81 bits per heavy atom. The molecule has 0 radical (unpaired) electrons. The highest BCUT2D eigenvalue weighted by Gasteiger charge is 2.47. The van der Waals surface area contributed by atoms with Gasteiger partial charge in [0.2, 0.25) is 0 Å². The monoisotopic (exact) mass is 427 g/mol. The molecule has 1 saturated heterocycles. The smallest absolute Gasteiger partial charge is 0.295 e. The Hall–Kier alpha value is -3.06. The number of ketones is 1. The SMILES string of the molecule is CC(C)OCCCN1C(=O)C(=O)/C(=C(\O)c2ccc(OC(C)C)cc2)C1c1ccco1. The number of likely N-dealkylation sites (tertiary alicyclic amines) is 1. The molecule has 31 heavy (non-hydrogen) atoms. The highest BCUT2D eigenvalue weighted by Crippen LogP contribution is 2.39. The third-order valence-electron chi connectivity index (χ3n) is 4.85. The second-order valence-electron chi connectivity index (χ2n) is 7.97. The van der Waals surface area contributed by atoms with Crippen molar-refractivity contribution >= 4 is 17.4 Å². The number of nitrogens with zero attached hydrogens (tertiary/aromatic N) is 1. The van der Waals surface area contributed by atoms with Gasteiger partial charge in [-0.1, -0.05) is 0 Å². The van der Waals surface area contributed by atoms with Gasteiger partial charge >= 0.3 is 0 Å². The number of carbonyl (C=O) groups excluding carboxylic acids is 2. The molecule has 1 aliphatic rings. The van der Waals surface area contributed by atoms with Crippen LogP contribution in [0.3, 0.4) is 0 Å². The molecular formula is C24H29NO6. The van der Waals surface area contributed by atoms with Crippen LogP contribution in [0.4, 0.5) is 0 Å². The Kier molecular flexibility index (Phi) is 7.17. The molecule has 0 spiro atoms. The molecule has 1 N–H and O–H groups in total. The van der Waals surface area contributed by atoms with Gasteiger partial charge in [0, 0.05) is 18.7 Å². The van der Waals surface area contributed by atoms with Crippen LogP contribution in [0.5, 0.6) is 5.75 Å². The molecule has 1 fully saturated rings. The molecule has 2 heterocycles. The van der Waals surface area contributed by atoms with Gasteiger partial charge in [-0.3, -0.25) is 9.59 Å². The average molecular weight is 427 g/mol. The van der Waals surface area contributed by atoms with E-state index in [9.17, 15) is 14.7 Å². The maximum atomic E-state index is 12.9. The van der Waals surface area contributed by atoms with E-state index in [1.807, 2.05) is 27.7 Å². The van der Waals surface area contributed by atoms with Crippen LogP contribution in [0, 0.1) is 0 Å². The molecule has 1 unspecified atom stereocenters. The minimum Gasteiger partial charge on any atom is -0.507 e. The third-order valence-corrected chi connectivity index (χ3v) is 4.85. The Morgan fingerprint density at radius 3 is 2.39 bits per heavy atom. The van der Waals surface area contributed by atoms with E-state index in [1.165, 1.54) is 11.2 Å². The van der Waals surface area contributed by atoms with Crippen LogP contribution in [0.25, 0.3) is 5.76 Å². The molecule has 7 nitrogen and oxygen atoms in total. The third kappa shape index (κ3) is 5.17. The van der Waals surface area contributed by atoms with E-state index in [0.717, 1.165) is 0 Å². The number of hydrogen-bond donors (Lipinski definition) is 1. The number of hydrogen-bond acceptors (Lipinski definition) is 6. The molecule has 1 aromatic heterocycles. The summed E-state index contributed by atoms with van der Waals surface area (Å²) in [5, 5.41) is 11.0. The molecule has 0 bridgehead atoms. The molecule has 7 heteroatoms. The van der Waals surface area contributed by atoms with Crippen LogP contribution in [-0.4, -0.2) is 47.1 Å². The zero-order valence-corrected chi connectivity index (χ0v) is 18.3. The van der Waals surface area contributed by atoms with Crippen molar-refractivity contribution in [2.45, 2.75) is 52.4 Å². The fourth-order valence-corrected chi connectivity index (χ4v) is 3.53. The van der Waals surface area contributed by atoms with Gasteiger partial charge in [-0.15, -0.1) is 0 Å². The largest absolute Gasteiger partial charge is 0.507 e. The summed E-state index contributed by atoms with van der Waals surface area (Å²) in [6, 6.07) is 9.36. The summed E-state index contributed by atoms with van der Waals surface area (Å²) in [6.07, 6.45) is 2.14. The van der Waals surface area contributed by atoms with Gasteiger partial charge in [-0.05, 0) is 70.5 Å². The molecule has 2 aromatic rings. The molecule has 0 aliphatic carbocycles. The molecule has 1 amide bonds. The minimum absolute atomic E-state index is 0.0160. The van der Waals surface area contributed by atoms with Crippen LogP contribution >= 0.6 is 0 Å². The summed E-state index contributed by atoms with van der Waals surface area (Å²) in [4.78, 5) is 27.1. The molecule has 3 rings (SSSR count). The second-order valence-corrected chi connectivity index (χ2v) is 7.97. The number of ether oxygens (including phenoxy) is 2. The van der Waals surface area contributed by atoms with E-state index in [4.69, 9.17) is 13.9 Å². The van der Waals surface area contributed by atoms with Crippen LogP contribution in [0.1, 0.15) is 51.5 Å². The number of furan rings is 1. The van der Waals surface area contributed by atoms with E-state index in [2.05, 4.69) is 0 Å². The van der Waals surface area contributed by atoms with Gasteiger partial charge in [0.1, 0.15) is 23.3 Å². The molecule has 1 aromatic carbocycles. The van der Waals surface area contributed by atoms with Crippen molar-refractivity contribution in [3.05, 3.63) is 59.6 Å². The Balaban J connectivity index is 1.93. The van der Waals surface area contributed by atoms with Crippen molar-refractivity contribution in [2.75, 3.05) is 13.2 Å². The minimum atomic E-state index is -0.791. The molecule has 0 saturated carbocycles. The van der Waals surface area contributed by atoms with Crippen LogP contribution in [0.2, 0.25) is 0 Å². The van der Waals surface area contributed by atoms with Crippen molar-refractivity contribution in [1.29, 1.82) is 0 Å². The van der Waals surface area contributed by atoms with E-state index in [0.29, 0.717) is 36.6 Å². The predicted molar refractivity (Wildman–Crippen MR) is 116 cm³/mol. The topological polar surface area (TPSA) is 89.2 Å². The highest BCUT2D eigenvalue weighted by molar-refractivity contribution is 6.46. The predicted octanol–water partition coefficient (Wildman–Crippen LogP) is 4.30. The first-order chi connectivity index (χ1) is 14.8. The van der Waals surface area contributed by atoms with Gasteiger partial charge < -0.3 is 23.9 Å². The fraction of sp³-hybridized carbons (Fsp3) is 0.417. The first kappa shape index (κ1) is 22.6. The standard InChI is InChI=1S/C24H29NO6/c1-15(2)29-14-6-12-25-21(19-7-5-13-30-19)20(23(27)24(25)28)22(26)17-8-10-18(11-9-17)31-16(3)4/h5,7-11,13,15-16,21,26H,6,12,14H2,1-4H3/b22-20-. The average Bonchev–Trinajstić information content (AvgIpc) is 3.33. The number of amides is 1. The summed E-state index contributed by atoms with van der Waals surface area (Å²) in [7, 11) is 0. The van der Waals surface area contributed by atoms with Crippen molar-refractivity contribution in [1.82, 2.24) is 4.90 Å². The van der Waals surface area contributed by atoms with E-state index in [-0.39, 0.29) is 23.5 Å². The van der Waals surface area contributed by atoms with Crippen molar-refractivity contribution < 1.29 is 28.6 Å². The van der Waals surface area contributed by atoms with Gasteiger partial charge in [-0.2, -0.15) is 0 Å². The van der Waals surface area contributed by atoms with Crippen molar-refractivity contribution in [3.63, 3.8) is 0 Å². The number of carbonyl (C=O) groups is 2. The lowest BCUT2D eigenvalue weighted by Crippen LogP contribution is -2.31. The number of Topliss-reactive ketones (excluding diaryl/α,β-unsaturated/α-hetero) is 1. The highest BCUT2D eigenvalue weighted by atomic mass is 16.5. The fourth-order valence-electron chi connectivity index (χ4n) is 3.53. The summed E-state index contributed by atoms with van der Waals surface area (Å²) in [5.74, 6) is -0.555. The second kappa shape index (κ2) is 9.83. The summed E-state index contributed by atoms with van der Waals surface area (Å²) >= 11 is 0. The van der Waals surface area contributed by atoms with Crippen LogP contribution < -0.4 is 4.74 Å². The summed E-state index contributed by atoms with van der Waals surface area (Å²) in [5.41, 5.74) is 0.441. The molecule has 1 atom stereocenters. The van der Waals surface area contributed by atoms with E-state index < -0.39 is 17.7 Å². The van der Waals surface area contributed by atoms with Crippen LogP contribution in [-0.2, 0) is 14.3 Å². The molecular weight excluding hydrogens is 398 g/mol. The van der Waals surface area contributed by atoms with Gasteiger partial charge in [0.15, 0.2) is 0 Å². The Morgan fingerprint density at radius 1 is 1.10 bits per heavy atom. The first-order valence-electron chi connectivity index (χ1n) is 10.5. The van der Waals surface area contributed by atoms with E-state index >= 15 is 0 Å². The number of aliphatic hydroxyl groups excluding tert-OH is 1. The molecule has 1 aliphatic heterocycles. The molecule has 166 valence electrons. The first-order valence-corrected chi connectivity index (χ1v) is 10.5. The Bertz CT molecular complexity index is 927. The van der Waals surface area contributed by atoms with Crippen LogP contribution in [0.15, 0.2) is 52.7 Å². The zero-order chi connectivity index (χ0) is 22.5. The lowest BCUT2D eigenvalue weighted by molar-refractivity contribution is -0.140. The maximum Gasteiger partial charge on any atom is 0.295 e. The number of aliphatic hydroxyl groups is 1. The van der Waals surface area contributed by atoms with Gasteiger partial charge in [0.25, 0.3) is 11.7 Å². The Labute approximate surface area is 182 Å². The number of rotatable bonds is 9. The van der Waals surface area contributed by atoms with Crippen molar-refractivity contribution in [2.24, 2.45) is 0 Å². The summed E-state index contributed by atoms with van der Waals surface area (Å²) in [6.45, 7) is 8.48. The van der Waals surface area contributed by atoms with E-state index in [1.54, 1.807) is 36.4 Å². The lowest BCUT2D eigenvalue weighted by Gasteiger charge is -2.23. The normalized spacial score (nSPS) is 18.4. The lowest BCUT2D eigenvalue weighted by atomic mass is 9.99. The van der Waals surface area contributed by atoms with Gasteiger partial charge in [-0.25, -0.2) is 0 Å².